The lowest BCUT2D eigenvalue weighted by molar-refractivity contribution is -0.277. The number of carboxylic acids is 1. The quantitative estimate of drug-likeness (QED) is 0.500. The molecular weight excluding hydrogens is 356 g/mol. The van der Waals surface area contributed by atoms with Gasteiger partial charge in [0.2, 0.25) is 6.29 Å². The van der Waals surface area contributed by atoms with Gasteiger partial charge in [-0.3, -0.25) is 0 Å². The largest absolute Gasteiger partial charge is 0.478 e. The molecule has 0 spiro atoms. The highest BCUT2D eigenvalue weighted by Crippen LogP contribution is 2.33. The molecule has 0 saturated carbocycles. The van der Waals surface area contributed by atoms with Crippen molar-refractivity contribution in [1.82, 2.24) is 0 Å². The van der Waals surface area contributed by atoms with E-state index in [9.17, 15) is 30.3 Å². The molecule has 0 aliphatic carbocycles. The summed E-state index contributed by atoms with van der Waals surface area (Å²) in [7, 11) is 0. The summed E-state index contributed by atoms with van der Waals surface area (Å²) < 4.78 is 11.1. The average Bonchev–Trinajstić information content (AvgIpc) is 2.69. The molecule has 8 nitrogen and oxygen atoms in total. The Labute approximate surface area is 154 Å². The van der Waals surface area contributed by atoms with Gasteiger partial charge >= 0.3 is 5.97 Å². The van der Waals surface area contributed by atoms with Crippen LogP contribution in [0.1, 0.15) is 10.4 Å². The second-order valence-corrected chi connectivity index (χ2v) is 6.20. The maximum Gasteiger partial charge on any atom is 0.335 e. The number of aromatic carboxylic acids is 1. The summed E-state index contributed by atoms with van der Waals surface area (Å²) in [6, 6.07) is 13.0. The van der Waals surface area contributed by atoms with Gasteiger partial charge in [-0.25, -0.2) is 4.79 Å². The van der Waals surface area contributed by atoms with Crippen molar-refractivity contribution in [3.05, 3.63) is 54.1 Å². The molecule has 0 unspecified atom stereocenters. The normalized spacial score (nSPS) is 27.9. The van der Waals surface area contributed by atoms with Gasteiger partial charge in [-0.1, -0.05) is 30.3 Å². The van der Waals surface area contributed by atoms with E-state index in [-0.39, 0.29) is 11.3 Å². The first-order valence-corrected chi connectivity index (χ1v) is 8.32. The van der Waals surface area contributed by atoms with Crippen LogP contribution in [0.15, 0.2) is 48.5 Å². The summed E-state index contributed by atoms with van der Waals surface area (Å²) in [5.41, 5.74) is 1.24. The Morgan fingerprint density at radius 3 is 2.44 bits per heavy atom. The number of hydrogen-bond donors (Lipinski definition) is 5. The fourth-order valence-electron chi connectivity index (χ4n) is 2.92. The molecule has 27 heavy (non-hydrogen) atoms. The highest BCUT2D eigenvalue weighted by molar-refractivity contribution is 5.89. The van der Waals surface area contributed by atoms with Crippen LogP contribution in [0.3, 0.4) is 0 Å². The number of benzene rings is 2. The van der Waals surface area contributed by atoms with Gasteiger partial charge in [-0.2, -0.15) is 0 Å². The maximum atomic E-state index is 11.2. The Kier molecular flexibility index (Phi) is 5.73. The fraction of sp³-hybridized carbons (Fsp3) is 0.316. The summed E-state index contributed by atoms with van der Waals surface area (Å²) in [6.45, 7) is -0.562. The first kappa shape index (κ1) is 19.3. The predicted octanol–water partition coefficient (Wildman–Crippen LogP) is 0.230. The standard InChI is InChI=1S/C19H20O8/c20-9-14-15(21)16(22)17(23)19(27-14)26-13-7-2-1-6-12(13)10-4-3-5-11(8-10)18(24)25/h1-8,14-17,19-23H,9H2,(H,24,25)/t14-,15+,16+,17-,19+/m1/s1. The highest BCUT2D eigenvalue weighted by Gasteiger charge is 2.44. The fourth-order valence-corrected chi connectivity index (χ4v) is 2.92. The van der Waals surface area contributed by atoms with Gasteiger partial charge in [0.05, 0.1) is 12.2 Å². The second-order valence-electron chi connectivity index (χ2n) is 6.20. The van der Waals surface area contributed by atoms with Crippen molar-refractivity contribution < 1.29 is 39.8 Å². The van der Waals surface area contributed by atoms with E-state index in [1.807, 2.05) is 0 Å². The predicted molar refractivity (Wildman–Crippen MR) is 93.2 cm³/mol. The summed E-state index contributed by atoms with van der Waals surface area (Å²) in [4.78, 5) is 11.2. The monoisotopic (exact) mass is 376 g/mol. The Morgan fingerprint density at radius 1 is 1.00 bits per heavy atom. The lowest BCUT2D eigenvalue weighted by Gasteiger charge is -2.39. The lowest BCUT2D eigenvalue weighted by Crippen LogP contribution is -2.60. The molecule has 5 N–H and O–H groups in total. The van der Waals surface area contributed by atoms with E-state index >= 15 is 0 Å². The highest BCUT2D eigenvalue weighted by atomic mass is 16.7. The number of carbonyl (C=O) groups is 1. The molecule has 1 fully saturated rings. The van der Waals surface area contributed by atoms with E-state index in [2.05, 4.69) is 0 Å². The third-order valence-electron chi connectivity index (χ3n) is 4.40. The maximum absolute atomic E-state index is 11.2. The van der Waals surface area contributed by atoms with Crippen LogP contribution in [0.5, 0.6) is 5.75 Å². The van der Waals surface area contributed by atoms with Crippen LogP contribution >= 0.6 is 0 Å². The summed E-state index contributed by atoms with van der Waals surface area (Å²) >= 11 is 0. The summed E-state index contributed by atoms with van der Waals surface area (Å²) in [5.74, 6) is -0.784. The Morgan fingerprint density at radius 2 is 1.74 bits per heavy atom. The van der Waals surface area contributed by atoms with Gasteiger partial charge in [0.1, 0.15) is 30.2 Å². The zero-order valence-electron chi connectivity index (χ0n) is 14.2. The molecule has 144 valence electrons. The van der Waals surface area contributed by atoms with Crippen LogP contribution < -0.4 is 4.74 Å². The first-order valence-electron chi connectivity index (χ1n) is 8.32. The van der Waals surface area contributed by atoms with Gasteiger partial charge in [0.15, 0.2) is 0 Å². The molecule has 3 rings (SSSR count). The van der Waals surface area contributed by atoms with E-state index in [0.717, 1.165) is 0 Å². The van der Waals surface area contributed by atoms with E-state index in [0.29, 0.717) is 11.1 Å². The molecule has 1 saturated heterocycles. The number of rotatable bonds is 5. The van der Waals surface area contributed by atoms with E-state index in [1.165, 1.54) is 12.1 Å². The molecular formula is C19H20O8. The van der Waals surface area contributed by atoms with Crippen LogP contribution in [0.4, 0.5) is 0 Å². The smallest absolute Gasteiger partial charge is 0.335 e. The van der Waals surface area contributed by atoms with Gasteiger partial charge < -0.3 is 35.0 Å². The number of para-hydroxylation sites is 1. The van der Waals surface area contributed by atoms with Crippen molar-refractivity contribution in [1.29, 1.82) is 0 Å². The van der Waals surface area contributed by atoms with E-state index in [4.69, 9.17) is 9.47 Å². The Bertz CT molecular complexity index is 806. The molecule has 2 aromatic rings. The average molecular weight is 376 g/mol. The molecule has 5 atom stereocenters. The van der Waals surface area contributed by atoms with Crippen LogP contribution in [0.25, 0.3) is 11.1 Å². The third kappa shape index (κ3) is 3.95. The molecule has 0 amide bonds. The number of aliphatic hydroxyl groups excluding tert-OH is 4. The van der Waals surface area contributed by atoms with Crippen LogP contribution in [0.2, 0.25) is 0 Å². The molecule has 1 aliphatic rings. The summed E-state index contributed by atoms with van der Waals surface area (Å²) in [5, 5.41) is 48.3. The van der Waals surface area contributed by atoms with Crippen LogP contribution in [-0.4, -0.2) is 68.8 Å². The molecule has 8 heteroatoms. The van der Waals surface area contributed by atoms with Crippen molar-refractivity contribution in [2.45, 2.75) is 30.7 Å². The van der Waals surface area contributed by atoms with Crippen molar-refractivity contribution in [3.63, 3.8) is 0 Å². The van der Waals surface area contributed by atoms with Crippen molar-refractivity contribution >= 4 is 5.97 Å². The number of hydrogen-bond acceptors (Lipinski definition) is 7. The minimum Gasteiger partial charge on any atom is -0.478 e. The minimum atomic E-state index is -1.55. The molecule has 0 radical (unpaired) electrons. The van der Waals surface area contributed by atoms with Crippen molar-refractivity contribution in [2.24, 2.45) is 0 Å². The minimum absolute atomic E-state index is 0.107. The van der Waals surface area contributed by atoms with Crippen molar-refractivity contribution in [2.75, 3.05) is 6.61 Å². The molecule has 0 aromatic heterocycles. The number of carboxylic acid groups (broad SMARTS) is 1. The van der Waals surface area contributed by atoms with Gasteiger partial charge in [0.25, 0.3) is 0 Å². The topological polar surface area (TPSA) is 137 Å². The Hall–Kier alpha value is -2.49. The third-order valence-corrected chi connectivity index (χ3v) is 4.40. The Balaban J connectivity index is 1.90. The van der Waals surface area contributed by atoms with E-state index < -0.39 is 43.3 Å². The van der Waals surface area contributed by atoms with E-state index in [1.54, 1.807) is 36.4 Å². The first-order chi connectivity index (χ1) is 12.9. The lowest BCUT2D eigenvalue weighted by atomic mass is 9.99. The second kappa shape index (κ2) is 8.03. The van der Waals surface area contributed by atoms with Crippen molar-refractivity contribution in [3.8, 4) is 16.9 Å². The zero-order chi connectivity index (χ0) is 19.6. The zero-order valence-corrected chi connectivity index (χ0v) is 14.2. The summed E-state index contributed by atoms with van der Waals surface area (Å²) in [6.07, 6.45) is -6.99. The van der Waals surface area contributed by atoms with Crippen LogP contribution in [-0.2, 0) is 4.74 Å². The number of ether oxygens (including phenoxy) is 2. The molecule has 1 heterocycles. The molecule has 2 aromatic carbocycles. The van der Waals surface area contributed by atoms with Gasteiger partial charge in [-0.05, 0) is 23.8 Å². The molecule has 0 bridgehead atoms. The molecule has 1 aliphatic heterocycles. The van der Waals surface area contributed by atoms with Gasteiger partial charge in [0, 0.05) is 5.56 Å². The van der Waals surface area contributed by atoms with Gasteiger partial charge in [-0.15, -0.1) is 0 Å². The number of aliphatic hydroxyl groups is 4. The SMILES string of the molecule is O=C(O)c1cccc(-c2ccccc2O[C@H]2O[C@H](CO)[C@H](O)[C@H](O)[C@H]2O)c1. The van der Waals surface area contributed by atoms with Crippen LogP contribution in [0, 0.1) is 0 Å².